The number of urea groups is 1. The minimum Gasteiger partial charge on any atom is -0.346 e. The van der Waals surface area contributed by atoms with Gasteiger partial charge in [0.15, 0.2) is 0 Å². The highest BCUT2D eigenvalue weighted by Gasteiger charge is 2.70. The van der Waals surface area contributed by atoms with Crippen LogP contribution in [0.25, 0.3) is 0 Å². The number of nitrogens with zero attached hydrogens (tertiary/aromatic N) is 2. The van der Waals surface area contributed by atoms with Gasteiger partial charge in [0.05, 0.1) is 12.1 Å². The summed E-state index contributed by atoms with van der Waals surface area (Å²) >= 11 is 0. The Bertz CT molecular complexity index is 1610. The number of amides is 6. The third-order valence-electron chi connectivity index (χ3n) is 10.6. The molecule has 12 nitrogen and oxygen atoms in total. The molecule has 1 aromatic rings. The molecule has 3 aliphatic rings. The van der Waals surface area contributed by atoms with Gasteiger partial charge in [0.2, 0.25) is 17.6 Å². The van der Waals surface area contributed by atoms with Gasteiger partial charge < -0.3 is 31.1 Å². The van der Waals surface area contributed by atoms with Crippen LogP contribution in [0.2, 0.25) is 0 Å². The zero-order valence-electron chi connectivity index (χ0n) is 31.2. The summed E-state index contributed by atoms with van der Waals surface area (Å²) in [7, 11) is 0. The third kappa shape index (κ3) is 8.46. The zero-order chi connectivity index (χ0) is 38.1. The van der Waals surface area contributed by atoms with Crippen LogP contribution in [-0.2, 0) is 25.7 Å². The molecule has 0 bridgehead atoms. The molecular formula is C39H54N6O6. The fourth-order valence-corrected chi connectivity index (χ4v) is 7.34. The smallest absolute Gasteiger partial charge is 0.315 e. The number of rotatable bonds is 13. The molecular weight excluding hydrogens is 648 g/mol. The van der Waals surface area contributed by atoms with Gasteiger partial charge in [0.25, 0.3) is 11.8 Å². The minimum absolute atomic E-state index is 0.0368. The van der Waals surface area contributed by atoms with Gasteiger partial charge in [-0.3, -0.25) is 24.0 Å². The van der Waals surface area contributed by atoms with E-state index in [4.69, 9.17) is 6.42 Å². The average molecular weight is 703 g/mol. The normalized spacial score (nSPS) is 22.0. The SMILES string of the molecule is C#CCCC(NC(=O)[C@@H]1[C@@H]2[C@H](CN1C(=O)[C@@H](NC(=O)N[C@H](CN1Cc3ccccc3C1=O)C(C)(C)C)C(C)(C)C)C2(C)C)C(=O)C(=O)NCC=C. The Hall–Kier alpha value is -4.66. The maximum atomic E-state index is 14.5. The number of carbonyl (C=O) groups is 6. The van der Waals surface area contributed by atoms with Gasteiger partial charge in [-0.15, -0.1) is 18.9 Å². The minimum atomic E-state index is -1.18. The summed E-state index contributed by atoms with van der Waals surface area (Å²) in [6, 6.07) is 3.32. The molecule has 12 heteroatoms. The molecule has 1 aliphatic carbocycles. The first-order valence-corrected chi connectivity index (χ1v) is 17.7. The average Bonchev–Trinajstić information content (AvgIpc) is 3.34. The molecule has 1 aromatic carbocycles. The predicted molar refractivity (Wildman–Crippen MR) is 194 cm³/mol. The van der Waals surface area contributed by atoms with E-state index in [1.54, 1.807) is 11.0 Å². The van der Waals surface area contributed by atoms with E-state index in [0.717, 1.165) is 5.56 Å². The van der Waals surface area contributed by atoms with Crippen LogP contribution >= 0.6 is 0 Å². The number of benzene rings is 1. The molecule has 51 heavy (non-hydrogen) atoms. The molecule has 0 spiro atoms. The molecule has 2 fully saturated rings. The zero-order valence-corrected chi connectivity index (χ0v) is 31.2. The van der Waals surface area contributed by atoms with Crippen LogP contribution in [-0.4, -0.2) is 89.0 Å². The number of Topliss-reactive ketones (excluding diaryl/α,β-unsaturated/α-hetero) is 1. The lowest BCUT2D eigenvalue weighted by Gasteiger charge is -2.39. The van der Waals surface area contributed by atoms with Crippen molar-refractivity contribution in [3.05, 3.63) is 48.0 Å². The van der Waals surface area contributed by atoms with E-state index in [0.29, 0.717) is 18.7 Å². The Labute approximate surface area is 301 Å². The number of piperidine rings is 1. The Morgan fingerprint density at radius 3 is 2.29 bits per heavy atom. The van der Waals surface area contributed by atoms with Crippen LogP contribution in [0.5, 0.6) is 0 Å². The van der Waals surface area contributed by atoms with Crippen molar-refractivity contribution in [2.24, 2.45) is 28.1 Å². The van der Waals surface area contributed by atoms with E-state index < -0.39 is 64.5 Å². The Morgan fingerprint density at radius 1 is 1.04 bits per heavy atom. The number of carbonyl (C=O) groups excluding carboxylic acids is 6. The van der Waals surface area contributed by atoms with Crippen LogP contribution in [0.4, 0.5) is 4.79 Å². The van der Waals surface area contributed by atoms with Crippen LogP contribution in [0.1, 0.15) is 84.2 Å². The first-order valence-electron chi connectivity index (χ1n) is 17.7. The van der Waals surface area contributed by atoms with Crippen molar-refractivity contribution in [2.75, 3.05) is 19.6 Å². The summed E-state index contributed by atoms with van der Waals surface area (Å²) in [4.78, 5) is 84.2. The highest BCUT2D eigenvalue weighted by atomic mass is 16.2. The van der Waals surface area contributed by atoms with Gasteiger partial charge >= 0.3 is 6.03 Å². The van der Waals surface area contributed by atoms with Gasteiger partial charge in [-0.2, -0.15) is 0 Å². The van der Waals surface area contributed by atoms with Crippen molar-refractivity contribution in [1.29, 1.82) is 0 Å². The standard InChI is InChI=1S/C39H54N6O6/c1-11-13-18-26(30(46)33(48)40-19-12-2)41-32(47)29-28-25(39(28,9)10)21-45(29)35(50)31(38(6,7)8)43-36(51)42-27(37(3,4)5)22-44-20-23-16-14-15-17-24(23)34(44)49/h1,12,14-17,25-29,31H,2,13,18-22H2,3-10H3,(H,40,48)(H,41,47)(H2,42,43,51)/t25-,26?,27+,28-,29-,31+/m0/s1. The molecule has 2 aliphatic heterocycles. The van der Waals surface area contributed by atoms with Crippen LogP contribution < -0.4 is 21.3 Å². The van der Waals surface area contributed by atoms with E-state index >= 15 is 0 Å². The van der Waals surface area contributed by atoms with Crippen LogP contribution in [0, 0.1) is 40.4 Å². The highest BCUT2D eigenvalue weighted by Crippen LogP contribution is 2.65. The first kappa shape index (κ1) is 39.1. The summed E-state index contributed by atoms with van der Waals surface area (Å²) in [5.41, 5.74) is 0.171. The van der Waals surface area contributed by atoms with E-state index in [1.807, 2.05) is 73.6 Å². The molecule has 1 saturated carbocycles. The summed E-state index contributed by atoms with van der Waals surface area (Å²) in [6.07, 6.45) is 7.09. The second-order valence-corrected chi connectivity index (χ2v) is 16.7. The molecule has 276 valence electrons. The number of hydrogen-bond acceptors (Lipinski definition) is 6. The van der Waals surface area contributed by atoms with E-state index in [-0.39, 0.29) is 49.1 Å². The van der Waals surface area contributed by atoms with E-state index in [2.05, 4.69) is 33.8 Å². The Kier molecular flexibility index (Phi) is 11.4. The molecule has 2 heterocycles. The maximum Gasteiger partial charge on any atom is 0.315 e. The number of ketones is 1. The van der Waals surface area contributed by atoms with Crippen molar-refractivity contribution in [1.82, 2.24) is 31.1 Å². The second kappa shape index (κ2) is 14.9. The molecule has 0 aromatic heterocycles. The summed E-state index contributed by atoms with van der Waals surface area (Å²) < 4.78 is 0. The van der Waals surface area contributed by atoms with E-state index in [1.165, 1.54) is 11.0 Å². The lowest BCUT2D eigenvalue weighted by molar-refractivity contribution is -0.145. The molecule has 4 rings (SSSR count). The number of hydrogen-bond donors (Lipinski definition) is 4. The number of nitrogens with one attached hydrogen (secondary N) is 4. The molecule has 6 amide bonds. The lowest BCUT2D eigenvalue weighted by Crippen LogP contribution is -2.62. The number of fused-ring (bicyclic) bond motifs is 2. The lowest BCUT2D eigenvalue weighted by atomic mass is 9.85. The van der Waals surface area contributed by atoms with Crippen LogP contribution in [0.15, 0.2) is 36.9 Å². The molecule has 6 atom stereocenters. The molecule has 1 unspecified atom stereocenters. The highest BCUT2D eigenvalue weighted by molar-refractivity contribution is 6.38. The van der Waals surface area contributed by atoms with Crippen molar-refractivity contribution >= 4 is 35.4 Å². The molecule has 1 saturated heterocycles. The van der Waals surface area contributed by atoms with Crippen molar-refractivity contribution in [3.8, 4) is 12.3 Å². The fourth-order valence-electron chi connectivity index (χ4n) is 7.34. The number of terminal acetylenes is 1. The Morgan fingerprint density at radius 2 is 1.71 bits per heavy atom. The van der Waals surface area contributed by atoms with Gasteiger partial charge in [0, 0.05) is 38.2 Å². The first-order chi connectivity index (χ1) is 23.7. The summed E-state index contributed by atoms with van der Waals surface area (Å²) in [5, 5.41) is 11.1. The van der Waals surface area contributed by atoms with Crippen LogP contribution in [0.3, 0.4) is 0 Å². The molecule has 4 N–H and O–H groups in total. The quantitative estimate of drug-likeness (QED) is 0.141. The van der Waals surface area contributed by atoms with Gasteiger partial charge in [0.1, 0.15) is 12.1 Å². The summed E-state index contributed by atoms with van der Waals surface area (Å²) in [5.74, 6) is -0.448. The third-order valence-corrected chi connectivity index (χ3v) is 10.6. The largest absolute Gasteiger partial charge is 0.346 e. The Balaban J connectivity index is 1.52. The fraction of sp³-hybridized carbons (Fsp3) is 0.590. The van der Waals surface area contributed by atoms with Gasteiger partial charge in [-0.05, 0) is 46.1 Å². The van der Waals surface area contributed by atoms with Crippen molar-refractivity contribution in [2.45, 2.75) is 98.9 Å². The number of likely N-dealkylation sites (tertiary alicyclic amines) is 1. The molecule has 0 radical (unpaired) electrons. The monoisotopic (exact) mass is 702 g/mol. The maximum absolute atomic E-state index is 14.5. The topological polar surface area (TPSA) is 157 Å². The van der Waals surface area contributed by atoms with Gasteiger partial charge in [-0.25, -0.2) is 4.79 Å². The van der Waals surface area contributed by atoms with Gasteiger partial charge in [-0.1, -0.05) is 79.7 Å². The predicted octanol–water partition coefficient (Wildman–Crippen LogP) is 3.02. The summed E-state index contributed by atoms with van der Waals surface area (Å²) in [6.45, 7) is 20.2. The van der Waals surface area contributed by atoms with E-state index in [9.17, 15) is 28.8 Å². The van der Waals surface area contributed by atoms with Crippen molar-refractivity contribution in [3.63, 3.8) is 0 Å². The second-order valence-electron chi connectivity index (χ2n) is 16.7. The van der Waals surface area contributed by atoms with Crippen molar-refractivity contribution < 1.29 is 28.8 Å².